The molecule has 0 bridgehead atoms. The van der Waals surface area contributed by atoms with E-state index in [0.29, 0.717) is 6.79 Å². The van der Waals surface area contributed by atoms with Gasteiger partial charge in [0.05, 0.1) is 7.11 Å². The molecule has 0 aliphatic carbocycles. The number of nitrogens with zero attached hydrogens (tertiary/aromatic N) is 1. The predicted molar refractivity (Wildman–Crippen MR) is 88.2 cm³/mol. The summed E-state index contributed by atoms with van der Waals surface area (Å²) in [5, 5.41) is 0. The van der Waals surface area contributed by atoms with Gasteiger partial charge < -0.3 is 14.2 Å². The Morgan fingerprint density at radius 3 is 2.13 bits per heavy atom. The third kappa shape index (κ3) is 2.99. The van der Waals surface area contributed by atoms with Gasteiger partial charge in [0.15, 0.2) is 11.5 Å². The van der Waals surface area contributed by atoms with Gasteiger partial charge in [-0.25, -0.2) is 0 Å². The molecule has 4 heteroatoms. The monoisotopic (exact) mass is 311 g/mol. The first kappa shape index (κ1) is 14.4. The molecule has 2 aliphatic heterocycles. The number of ether oxygens (including phenoxy) is 3. The maximum absolute atomic E-state index is 5.50. The second-order valence-electron chi connectivity index (χ2n) is 6.10. The highest BCUT2D eigenvalue weighted by molar-refractivity contribution is 5.49. The first-order valence-corrected chi connectivity index (χ1v) is 8.08. The van der Waals surface area contributed by atoms with Gasteiger partial charge in [-0.2, -0.15) is 0 Å². The second-order valence-corrected chi connectivity index (χ2v) is 6.10. The van der Waals surface area contributed by atoms with Crippen LogP contribution in [0.5, 0.6) is 17.2 Å². The van der Waals surface area contributed by atoms with E-state index in [9.17, 15) is 0 Å². The molecule has 2 aromatic rings. The first-order valence-electron chi connectivity index (χ1n) is 8.08. The molecule has 0 saturated carbocycles. The van der Waals surface area contributed by atoms with E-state index in [2.05, 4.69) is 29.2 Å². The molecule has 0 unspecified atom stereocenters. The Morgan fingerprint density at radius 1 is 0.957 bits per heavy atom. The quantitative estimate of drug-likeness (QED) is 0.872. The summed E-state index contributed by atoms with van der Waals surface area (Å²) in [5.41, 5.74) is 4.11. The smallest absolute Gasteiger partial charge is 0.231 e. The molecule has 0 spiro atoms. The maximum atomic E-state index is 5.50. The van der Waals surface area contributed by atoms with Crippen molar-refractivity contribution in [2.45, 2.75) is 19.4 Å². The minimum absolute atomic E-state index is 0.349. The number of methoxy groups -OCH3 is 1. The summed E-state index contributed by atoms with van der Waals surface area (Å²) in [5.74, 6) is 2.70. The van der Waals surface area contributed by atoms with Gasteiger partial charge in [-0.3, -0.25) is 4.90 Å². The highest BCUT2D eigenvalue weighted by Crippen LogP contribution is 2.36. The number of hydrogen-bond acceptors (Lipinski definition) is 4. The van der Waals surface area contributed by atoms with Crippen LogP contribution in [0.15, 0.2) is 36.4 Å². The Morgan fingerprint density at radius 2 is 1.57 bits per heavy atom. The third-order valence-electron chi connectivity index (χ3n) is 4.65. The molecule has 0 saturated heterocycles. The van der Waals surface area contributed by atoms with E-state index in [1.165, 1.54) is 16.7 Å². The molecule has 0 aromatic heterocycles. The van der Waals surface area contributed by atoms with Gasteiger partial charge >= 0.3 is 0 Å². The summed E-state index contributed by atoms with van der Waals surface area (Å²) < 4.78 is 16.2. The van der Waals surface area contributed by atoms with Crippen LogP contribution in [0.2, 0.25) is 0 Å². The number of hydrogen-bond donors (Lipinski definition) is 0. The molecule has 2 aromatic carbocycles. The van der Waals surface area contributed by atoms with Crippen molar-refractivity contribution in [1.82, 2.24) is 4.90 Å². The molecule has 23 heavy (non-hydrogen) atoms. The Bertz CT molecular complexity index is 662. The lowest BCUT2D eigenvalue weighted by molar-refractivity contribution is 0.174. The van der Waals surface area contributed by atoms with Crippen LogP contribution >= 0.6 is 0 Å². The molecule has 120 valence electrons. The number of fused-ring (bicyclic) bond motifs is 2. The van der Waals surface area contributed by atoms with E-state index in [0.717, 1.165) is 49.7 Å². The molecular formula is C19H21NO3. The summed E-state index contributed by atoms with van der Waals surface area (Å²) in [6.45, 7) is 3.46. The van der Waals surface area contributed by atoms with Gasteiger partial charge in [0.1, 0.15) is 5.75 Å². The third-order valence-corrected chi connectivity index (χ3v) is 4.65. The van der Waals surface area contributed by atoms with E-state index in [1.807, 2.05) is 12.1 Å². The SMILES string of the molecule is COc1ccc(CN2CCc3cc4c(cc3CC2)OCO4)cc1. The van der Waals surface area contributed by atoms with Crippen molar-refractivity contribution in [1.29, 1.82) is 0 Å². The summed E-state index contributed by atoms with van der Waals surface area (Å²) in [7, 11) is 1.70. The van der Waals surface area contributed by atoms with Crippen molar-refractivity contribution in [3.8, 4) is 17.2 Å². The van der Waals surface area contributed by atoms with E-state index in [4.69, 9.17) is 14.2 Å². The van der Waals surface area contributed by atoms with Gasteiger partial charge in [-0.15, -0.1) is 0 Å². The summed E-state index contributed by atoms with van der Waals surface area (Å²) >= 11 is 0. The van der Waals surface area contributed by atoms with Gasteiger partial charge in [0.25, 0.3) is 0 Å². The topological polar surface area (TPSA) is 30.9 Å². The van der Waals surface area contributed by atoms with Crippen LogP contribution in [0.1, 0.15) is 16.7 Å². The normalized spacial score (nSPS) is 16.7. The van der Waals surface area contributed by atoms with E-state index < -0.39 is 0 Å². The lowest BCUT2D eigenvalue weighted by atomic mass is 10.0. The fourth-order valence-corrected chi connectivity index (χ4v) is 3.31. The van der Waals surface area contributed by atoms with Gasteiger partial charge in [-0.05, 0) is 53.8 Å². The van der Waals surface area contributed by atoms with Crippen LogP contribution in [0.3, 0.4) is 0 Å². The van der Waals surface area contributed by atoms with E-state index in [-0.39, 0.29) is 0 Å². The Hall–Kier alpha value is -2.20. The zero-order valence-corrected chi connectivity index (χ0v) is 13.4. The van der Waals surface area contributed by atoms with Crippen LogP contribution < -0.4 is 14.2 Å². The largest absolute Gasteiger partial charge is 0.497 e. The van der Waals surface area contributed by atoms with Crippen molar-refractivity contribution in [3.63, 3.8) is 0 Å². The van der Waals surface area contributed by atoms with Gasteiger partial charge in [-0.1, -0.05) is 12.1 Å². The van der Waals surface area contributed by atoms with Gasteiger partial charge in [0.2, 0.25) is 6.79 Å². The van der Waals surface area contributed by atoms with Crippen LogP contribution in [-0.2, 0) is 19.4 Å². The minimum atomic E-state index is 0.349. The van der Waals surface area contributed by atoms with Crippen molar-refractivity contribution in [3.05, 3.63) is 53.1 Å². The van der Waals surface area contributed by atoms with Crippen molar-refractivity contribution in [2.75, 3.05) is 27.0 Å². The average molecular weight is 311 g/mol. The molecule has 4 rings (SSSR count). The molecule has 0 amide bonds. The lowest BCUT2D eigenvalue weighted by Gasteiger charge is -2.19. The zero-order valence-electron chi connectivity index (χ0n) is 13.4. The molecule has 2 aliphatic rings. The van der Waals surface area contributed by atoms with Crippen LogP contribution in [-0.4, -0.2) is 31.9 Å². The summed E-state index contributed by atoms with van der Waals surface area (Å²) in [6.07, 6.45) is 2.12. The van der Waals surface area contributed by atoms with Crippen LogP contribution in [0, 0.1) is 0 Å². The first-order chi connectivity index (χ1) is 11.3. The van der Waals surface area contributed by atoms with E-state index >= 15 is 0 Å². The van der Waals surface area contributed by atoms with Crippen molar-refractivity contribution >= 4 is 0 Å². The Kier molecular flexibility index (Phi) is 3.83. The van der Waals surface area contributed by atoms with Crippen LogP contribution in [0.4, 0.5) is 0 Å². The molecular weight excluding hydrogens is 290 g/mol. The molecule has 0 N–H and O–H groups in total. The Balaban J connectivity index is 1.45. The minimum Gasteiger partial charge on any atom is -0.497 e. The summed E-state index contributed by atoms with van der Waals surface area (Å²) in [6, 6.07) is 12.7. The molecule has 0 radical (unpaired) electrons. The molecule has 0 fully saturated rings. The standard InChI is InChI=1S/C19H21NO3/c1-21-17-4-2-14(3-5-17)12-20-8-6-15-10-18-19(23-13-22-18)11-16(15)7-9-20/h2-5,10-11H,6-9,12-13H2,1H3. The predicted octanol–water partition coefficient (Wildman–Crippen LogP) is 3.02. The maximum Gasteiger partial charge on any atom is 0.231 e. The summed E-state index contributed by atoms with van der Waals surface area (Å²) in [4.78, 5) is 2.51. The lowest BCUT2D eigenvalue weighted by Crippen LogP contribution is -2.25. The van der Waals surface area contributed by atoms with Crippen molar-refractivity contribution < 1.29 is 14.2 Å². The Labute approximate surface area is 136 Å². The zero-order chi connectivity index (χ0) is 15.6. The highest BCUT2D eigenvalue weighted by Gasteiger charge is 2.20. The fourth-order valence-electron chi connectivity index (χ4n) is 3.31. The highest BCUT2D eigenvalue weighted by atomic mass is 16.7. The molecule has 0 atom stereocenters. The molecule has 2 heterocycles. The molecule has 4 nitrogen and oxygen atoms in total. The second kappa shape index (κ2) is 6.13. The van der Waals surface area contributed by atoms with E-state index in [1.54, 1.807) is 7.11 Å². The van der Waals surface area contributed by atoms with Crippen LogP contribution in [0.25, 0.3) is 0 Å². The average Bonchev–Trinajstić information content (AvgIpc) is 2.95. The fraction of sp³-hybridized carbons (Fsp3) is 0.368. The number of benzene rings is 2. The number of rotatable bonds is 3. The van der Waals surface area contributed by atoms with Crippen molar-refractivity contribution in [2.24, 2.45) is 0 Å². The van der Waals surface area contributed by atoms with Gasteiger partial charge in [0, 0.05) is 19.6 Å².